The topological polar surface area (TPSA) is 141 Å². The maximum Gasteiger partial charge on any atom is 0.343 e. The number of carboxylic acid groups (broad SMARTS) is 1. The highest BCUT2D eigenvalue weighted by atomic mass is 16.7. The number of benzene rings is 3. The lowest BCUT2D eigenvalue weighted by Crippen LogP contribution is -2.35. The van der Waals surface area contributed by atoms with E-state index in [1.54, 1.807) is 48.5 Å². The van der Waals surface area contributed by atoms with Gasteiger partial charge in [0.1, 0.15) is 23.6 Å². The number of hydrogen-bond acceptors (Lipinski definition) is 8. The standard InChI is InChI=1S/C38H36N2O9/c1-2-3-4-5-6-22-46-30-20-14-28(15-21-30)38(45)49-31-18-10-26(11-19-31)23-40(24-34(41)42)37(44)27-12-16-29(17-13-27)39-36(43)32-8-7-9-33-35(32)48-25-47-33/h9-21H,2-6,22-25H2,1H3,(H,39,43)(H,41,42). The fraction of sp³-hybridized carbons (Fsp3) is 0.263. The Morgan fingerprint density at radius 2 is 1.55 bits per heavy atom. The largest absolute Gasteiger partial charge is 0.494 e. The molecule has 0 saturated heterocycles. The Morgan fingerprint density at radius 1 is 0.857 bits per heavy atom. The molecule has 2 aliphatic rings. The molecule has 0 atom stereocenters. The Labute approximate surface area is 283 Å². The van der Waals surface area contributed by atoms with Gasteiger partial charge in [0.2, 0.25) is 6.79 Å². The van der Waals surface area contributed by atoms with Gasteiger partial charge in [0.05, 0.1) is 12.2 Å². The van der Waals surface area contributed by atoms with E-state index in [0.29, 0.717) is 40.7 Å². The Bertz CT molecular complexity index is 1810. The highest BCUT2D eigenvalue weighted by Gasteiger charge is 2.27. The number of anilines is 1. The van der Waals surface area contributed by atoms with Gasteiger partial charge in [0.15, 0.2) is 11.5 Å². The van der Waals surface area contributed by atoms with Gasteiger partial charge in [-0.3, -0.25) is 14.4 Å². The maximum atomic E-state index is 13.3. The number of hydrogen-bond donors (Lipinski definition) is 2. The minimum absolute atomic E-state index is 0.00652. The van der Waals surface area contributed by atoms with Gasteiger partial charge in [0.25, 0.3) is 11.8 Å². The number of unbranched alkanes of at least 4 members (excludes halogenated alkanes) is 4. The summed E-state index contributed by atoms with van der Waals surface area (Å²) in [6.45, 7) is 2.25. The molecule has 11 nitrogen and oxygen atoms in total. The summed E-state index contributed by atoms with van der Waals surface area (Å²) in [6.07, 6.45) is 7.27. The van der Waals surface area contributed by atoms with Crippen molar-refractivity contribution < 1.29 is 43.2 Å². The van der Waals surface area contributed by atoms with E-state index < -0.39 is 30.3 Å². The molecule has 11 heteroatoms. The molecule has 0 saturated carbocycles. The molecule has 1 heterocycles. The van der Waals surface area contributed by atoms with Crippen LogP contribution in [0, 0.1) is 0 Å². The van der Waals surface area contributed by atoms with Crippen LogP contribution in [0.15, 0.2) is 107 Å². The zero-order chi connectivity index (χ0) is 34.6. The van der Waals surface area contributed by atoms with E-state index in [4.69, 9.17) is 18.9 Å². The first kappa shape index (κ1) is 34.3. The van der Waals surface area contributed by atoms with Crippen molar-refractivity contribution in [2.75, 3.05) is 25.3 Å². The van der Waals surface area contributed by atoms with Crippen LogP contribution in [0.25, 0.3) is 0 Å². The fourth-order valence-electron chi connectivity index (χ4n) is 5.05. The lowest BCUT2D eigenvalue weighted by Gasteiger charge is -2.21. The molecule has 0 spiro atoms. The van der Waals surface area contributed by atoms with Gasteiger partial charge in [-0.25, -0.2) is 4.79 Å². The number of allylic oxidation sites excluding steroid dienone is 1. The molecule has 2 amide bonds. The number of ether oxygens (including phenoxy) is 4. The third kappa shape index (κ3) is 9.51. The van der Waals surface area contributed by atoms with Gasteiger partial charge in [-0.15, -0.1) is 0 Å². The summed E-state index contributed by atoms with van der Waals surface area (Å²) in [7, 11) is 0. The molecule has 49 heavy (non-hydrogen) atoms. The predicted octanol–water partition coefficient (Wildman–Crippen LogP) is 6.39. The van der Waals surface area contributed by atoms with Crippen molar-refractivity contribution in [1.82, 2.24) is 4.90 Å². The third-order valence-electron chi connectivity index (χ3n) is 7.61. The molecule has 0 fully saturated rings. The number of rotatable bonds is 16. The third-order valence-corrected chi connectivity index (χ3v) is 7.61. The maximum absolute atomic E-state index is 13.3. The second-order valence-corrected chi connectivity index (χ2v) is 11.3. The lowest BCUT2D eigenvalue weighted by atomic mass is 10.1. The Kier molecular flexibility index (Phi) is 11.7. The molecule has 3 aromatic carbocycles. The first-order chi connectivity index (χ1) is 23.8. The van der Waals surface area contributed by atoms with Crippen molar-refractivity contribution in [3.63, 3.8) is 0 Å². The summed E-state index contributed by atoms with van der Waals surface area (Å²) < 4.78 is 21.9. The number of amides is 2. The monoisotopic (exact) mass is 664 g/mol. The summed E-state index contributed by atoms with van der Waals surface area (Å²) in [5.41, 5.74) is 7.19. The van der Waals surface area contributed by atoms with E-state index in [2.05, 4.69) is 23.7 Å². The molecule has 3 aromatic rings. The molecule has 0 unspecified atom stereocenters. The second kappa shape index (κ2) is 16.7. The van der Waals surface area contributed by atoms with Crippen LogP contribution in [0.4, 0.5) is 5.69 Å². The Hall–Kier alpha value is -6.02. The zero-order valence-corrected chi connectivity index (χ0v) is 27.0. The van der Waals surface area contributed by atoms with E-state index in [1.165, 1.54) is 54.5 Å². The van der Waals surface area contributed by atoms with Crippen molar-refractivity contribution in [3.05, 3.63) is 124 Å². The van der Waals surface area contributed by atoms with E-state index in [1.807, 2.05) is 0 Å². The van der Waals surface area contributed by atoms with Gasteiger partial charge in [0, 0.05) is 23.9 Å². The average molecular weight is 665 g/mol. The van der Waals surface area contributed by atoms with Gasteiger partial charge in [-0.1, -0.05) is 56.2 Å². The minimum Gasteiger partial charge on any atom is -0.494 e. The summed E-state index contributed by atoms with van der Waals surface area (Å²) in [5, 5.41) is 12.2. The van der Waals surface area contributed by atoms with E-state index >= 15 is 0 Å². The molecular formula is C38H36N2O9. The Balaban J connectivity index is 1.14. The van der Waals surface area contributed by atoms with E-state index in [0.717, 1.165) is 12.8 Å². The molecule has 0 aromatic heterocycles. The molecule has 2 N–H and O–H groups in total. The van der Waals surface area contributed by atoms with Crippen LogP contribution in [0.5, 0.6) is 11.5 Å². The lowest BCUT2D eigenvalue weighted by molar-refractivity contribution is -0.137. The van der Waals surface area contributed by atoms with Crippen LogP contribution < -0.4 is 14.8 Å². The summed E-state index contributed by atoms with van der Waals surface area (Å²) >= 11 is 0. The molecule has 0 bridgehead atoms. The quantitative estimate of drug-likeness (QED) is 0.0772. The first-order valence-electron chi connectivity index (χ1n) is 16.0. The van der Waals surface area contributed by atoms with Crippen LogP contribution in [-0.2, 0) is 25.6 Å². The van der Waals surface area contributed by atoms with Crippen LogP contribution in [0.2, 0.25) is 0 Å². The minimum atomic E-state index is -1.18. The van der Waals surface area contributed by atoms with Crippen molar-refractivity contribution in [3.8, 4) is 11.5 Å². The summed E-state index contributed by atoms with van der Waals surface area (Å²) in [6, 6.07) is 19.3. The molecule has 1 aliphatic heterocycles. The average Bonchev–Trinajstić information content (AvgIpc) is 3.60. The van der Waals surface area contributed by atoms with E-state index in [-0.39, 0.29) is 30.2 Å². The number of aliphatic carboxylic acids is 1. The van der Waals surface area contributed by atoms with Crippen molar-refractivity contribution in [2.45, 2.75) is 45.6 Å². The van der Waals surface area contributed by atoms with E-state index in [9.17, 15) is 24.3 Å². The SMILES string of the molecule is CCCCCCCOc1ccc(C(=O)Oc2ccc(CN(CC(=O)O)C(=O)c3ccc(NC(=O)C4=C=C=CC5=C4OCO5)cc3)cc2)cc1. The molecule has 1 aliphatic carbocycles. The Morgan fingerprint density at radius 3 is 2.27 bits per heavy atom. The molecule has 252 valence electrons. The van der Waals surface area contributed by atoms with Crippen molar-refractivity contribution in [2.24, 2.45) is 0 Å². The zero-order valence-electron chi connectivity index (χ0n) is 27.0. The second-order valence-electron chi connectivity index (χ2n) is 11.3. The van der Waals surface area contributed by atoms with Gasteiger partial charge in [-0.2, -0.15) is 0 Å². The number of nitrogens with zero attached hydrogens (tertiary/aromatic N) is 1. The number of carboxylic acids is 1. The highest BCUT2D eigenvalue weighted by molar-refractivity contribution is 6.07. The predicted molar refractivity (Wildman–Crippen MR) is 179 cm³/mol. The van der Waals surface area contributed by atoms with Crippen molar-refractivity contribution in [1.29, 1.82) is 0 Å². The first-order valence-corrected chi connectivity index (χ1v) is 16.0. The van der Waals surface area contributed by atoms with Crippen molar-refractivity contribution >= 4 is 29.4 Å². The summed E-state index contributed by atoms with van der Waals surface area (Å²) in [5.74, 6) is -1.07. The highest BCUT2D eigenvalue weighted by Crippen LogP contribution is 2.27. The van der Waals surface area contributed by atoms with Gasteiger partial charge >= 0.3 is 11.9 Å². The van der Waals surface area contributed by atoms with Crippen LogP contribution in [-0.4, -0.2) is 53.7 Å². The van der Waals surface area contributed by atoms with Crippen LogP contribution >= 0.6 is 0 Å². The number of carbonyl (C=O) groups is 4. The number of esters is 1. The normalized spacial score (nSPS) is 12.7. The fourth-order valence-corrected chi connectivity index (χ4v) is 5.05. The van der Waals surface area contributed by atoms with Crippen LogP contribution in [0.1, 0.15) is 65.3 Å². The smallest absolute Gasteiger partial charge is 0.343 e. The van der Waals surface area contributed by atoms with Crippen LogP contribution in [0.3, 0.4) is 0 Å². The van der Waals surface area contributed by atoms with Gasteiger partial charge in [-0.05, 0) is 72.6 Å². The molecule has 0 radical (unpaired) electrons. The number of carbonyl (C=O) groups excluding carboxylic acids is 3. The molecular weight excluding hydrogens is 628 g/mol. The molecule has 5 rings (SSSR count). The van der Waals surface area contributed by atoms with Gasteiger partial charge < -0.3 is 34.3 Å². The summed E-state index contributed by atoms with van der Waals surface area (Å²) in [4.78, 5) is 51.6. The number of nitrogens with one attached hydrogen (secondary N) is 1.